The van der Waals surface area contributed by atoms with Gasteiger partial charge in [-0.25, -0.2) is 0 Å². The van der Waals surface area contributed by atoms with E-state index < -0.39 is 0 Å². The van der Waals surface area contributed by atoms with Gasteiger partial charge in [-0.05, 0) is 69.0 Å². The largest absolute Gasteiger partial charge is 0.491 e. The number of hydrogen-bond donors (Lipinski definition) is 1. The van der Waals surface area contributed by atoms with Gasteiger partial charge in [0, 0.05) is 24.3 Å². The summed E-state index contributed by atoms with van der Waals surface area (Å²) < 4.78 is 5.76. The fourth-order valence-corrected chi connectivity index (χ4v) is 3.36. The Balaban J connectivity index is 1.45. The van der Waals surface area contributed by atoms with E-state index in [2.05, 4.69) is 23.2 Å². The molecule has 0 unspecified atom stereocenters. The molecule has 0 aliphatic carbocycles. The molecule has 2 aromatic carbocycles. The lowest BCUT2D eigenvalue weighted by atomic mass is 10.1. The van der Waals surface area contributed by atoms with Crippen LogP contribution in [0.5, 0.6) is 5.75 Å². The first-order valence-electron chi connectivity index (χ1n) is 9.47. The number of aryl methyl sites for hydroxylation is 2. The molecule has 1 heterocycles. The minimum absolute atomic E-state index is 0.0561. The Morgan fingerprint density at radius 3 is 2.46 bits per heavy atom. The summed E-state index contributed by atoms with van der Waals surface area (Å²) in [4.78, 5) is 14.7. The Morgan fingerprint density at radius 2 is 1.77 bits per heavy atom. The Labute approximate surface area is 156 Å². The topological polar surface area (TPSA) is 41.6 Å². The van der Waals surface area contributed by atoms with E-state index in [1.165, 1.54) is 30.5 Å². The first-order valence-corrected chi connectivity index (χ1v) is 9.47. The van der Waals surface area contributed by atoms with Crippen molar-refractivity contribution in [2.75, 3.05) is 31.1 Å². The second-order valence-corrected chi connectivity index (χ2v) is 6.97. The van der Waals surface area contributed by atoms with Crippen LogP contribution in [0.25, 0.3) is 0 Å². The highest BCUT2D eigenvalue weighted by Crippen LogP contribution is 2.20. The quantitative estimate of drug-likeness (QED) is 0.796. The lowest BCUT2D eigenvalue weighted by Crippen LogP contribution is -2.30. The van der Waals surface area contributed by atoms with E-state index in [0.717, 1.165) is 24.4 Å². The van der Waals surface area contributed by atoms with E-state index in [4.69, 9.17) is 4.74 Å². The molecule has 0 radical (unpaired) electrons. The molecule has 0 atom stereocenters. The summed E-state index contributed by atoms with van der Waals surface area (Å²) in [6.07, 6.45) is 3.83. The van der Waals surface area contributed by atoms with E-state index in [1.807, 2.05) is 43.3 Å². The number of ether oxygens (including phenoxy) is 1. The van der Waals surface area contributed by atoms with Crippen molar-refractivity contribution in [2.45, 2.75) is 33.1 Å². The summed E-state index contributed by atoms with van der Waals surface area (Å²) >= 11 is 0. The number of nitrogens with one attached hydrogen (secondary N) is 1. The van der Waals surface area contributed by atoms with Gasteiger partial charge in [0.25, 0.3) is 5.91 Å². The zero-order chi connectivity index (χ0) is 18.4. The molecule has 0 saturated carbocycles. The maximum Gasteiger partial charge on any atom is 0.251 e. The molecule has 3 rings (SSSR count). The summed E-state index contributed by atoms with van der Waals surface area (Å²) in [5.41, 5.74) is 4.23. The highest BCUT2D eigenvalue weighted by atomic mass is 16.5. The van der Waals surface area contributed by atoms with E-state index in [9.17, 15) is 4.79 Å². The number of hydrogen-bond acceptors (Lipinski definition) is 3. The molecular weight excluding hydrogens is 324 g/mol. The summed E-state index contributed by atoms with van der Waals surface area (Å²) in [7, 11) is 0. The Morgan fingerprint density at radius 1 is 1.04 bits per heavy atom. The molecule has 1 fully saturated rings. The third-order valence-corrected chi connectivity index (χ3v) is 4.83. The molecule has 0 bridgehead atoms. The molecule has 1 aliphatic heterocycles. The van der Waals surface area contributed by atoms with Crippen molar-refractivity contribution in [3.63, 3.8) is 0 Å². The predicted molar refractivity (Wildman–Crippen MR) is 106 cm³/mol. The number of amides is 1. The van der Waals surface area contributed by atoms with Crippen LogP contribution in [-0.4, -0.2) is 32.1 Å². The van der Waals surface area contributed by atoms with Crippen molar-refractivity contribution in [3.8, 4) is 5.75 Å². The van der Waals surface area contributed by atoms with Crippen molar-refractivity contribution in [1.29, 1.82) is 0 Å². The van der Waals surface area contributed by atoms with Crippen LogP contribution in [0.15, 0.2) is 42.5 Å². The lowest BCUT2D eigenvalue weighted by Gasteiger charge is -2.28. The van der Waals surface area contributed by atoms with E-state index in [0.29, 0.717) is 18.7 Å². The monoisotopic (exact) mass is 352 g/mol. The van der Waals surface area contributed by atoms with Crippen molar-refractivity contribution in [3.05, 3.63) is 59.2 Å². The Hall–Kier alpha value is -2.49. The minimum Gasteiger partial charge on any atom is -0.491 e. The van der Waals surface area contributed by atoms with Crippen molar-refractivity contribution >= 4 is 11.6 Å². The van der Waals surface area contributed by atoms with Crippen molar-refractivity contribution < 1.29 is 9.53 Å². The SMILES string of the molecule is Cc1ccc(OCCNC(=O)c2ccc(N3CCCCC3)cc2)c(C)c1. The maximum atomic E-state index is 12.3. The van der Waals surface area contributed by atoms with Gasteiger partial charge in [-0.3, -0.25) is 4.79 Å². The summed E-state index contributed by atoms with van der Waals surface area (Å²) in [6.45, 7) is 7.27. The number of benzene rings is 2. The van der Waals surface area contributed by atoms with Gasteiger partial charge in [-0.1, -0.05) is 17.7 Å². The summed E-state index contributed by atoms with van der Waals surface area (Å²) in [5.74, 6) is 0.815. The molecule has 4 nitrogen and oxygen atoms in total. The lowest BCUT2D eigenvalue weighted by molar-refractivity contribution is 0.0947. The normalized spacial score (nSPS) is 14.2. The first kappa shape index (κ1) is 18.3. The van der Waals surface area contributed by atoms with Gasteiger partial charge in [0.1, 0.15) is 12.4 Å². The average molecular weight is 352 g/mol. The van der Waals surface area contributed by atoms with Gasteiger partial charge in [0.2, 0.25) is 0 Å². The van der Waals surface area contributed by atoms with Crippen LogP contribution in [0, 0.1) is 13.8 Å². The Bertz CT molecular complexity index is 734. The molecule has 1 aliphatic rings. The molecule has 2 aromatic rings. The number of anilines is 1. The number of nitrogens with zero attached hydrogens (tertiary/aromatic N) is 1. The van der Waals surface area contributed by atoms with Crippen LogP contribution in [0.3, 0.4) is 0 Å². The van der Waals surface area contributed by atoms with Crippen LogP contribution in [0.2, 0.25) is 0 Å². The van der Waals surface area contributed by atoms with Crippen LogP contribution in [0.1, 0.15) is 40.7 Å². The zero-order valence-corrected chi connectivity index (χ0v) is 15.8. The predicted octanol–water partition coefficient (Wildman–Crippen LogP) is 4.10. The van der Waals surface area contributed by atoms with E-state index in [-0.39, 0.29) is 5.91 Å². The van der Waals surface area contributed by atoms with Gasteiger partial charge in [-0.2, -0.15) is 0 Å². The third-order valence-electron chi connectivity index (χ3n) is 4.83. The zero-order valence-electron chi connectivity index (χ0n) is 15.8. The maximum absolute atomic E-state index is 12.3. The van der Waals surface area contributed by atoms with Crippen LogP contribution < -0.4 is 15.0 Å². The molecule has 4 heteroatoms. The fourth-order valence-electron chi connectivity index (χ4n) is 3.36. The van der Waals surface area contributed by atoms with Crippen LogP contribution in [-0.2, 0) is 0 Å². The standard InChI is InChI=1S/C22H28N2O2/c1-17-6-11-21(18(2)16-17)26-15-12-23-22(25)19-7-9-20(10-8-19)24-13-4-3-5-14-24/h6-11,16H,3-5,12-15H2,1-2H3,(H,23,25). The second-order valence-electron chi connectivity index (χ2n) is 6.97. The molecule has 26 heavy (non-hydrogen) atoms. The number of carbonyl (C=O) groups excluding carboxylic acids is 1. The van der Waals surface area contributed by atoms with Crippen LogP contribution >= 0.6 is 0 Å². The highest BCUT2D eigenvalue weighted by Gasteiger charge is 2.12. The smallest absolute Gasteiger partial charge is 0.251 e. The molecule has 1 N–H and O–H groups in total. The molecule has 138 valence electrons. The van der Waals surface area contributed by atoms with Gasteiger partial charge >= 0.3 is 0 Å². The van der Waals surface area contributed by atoms with Crippen LogP contribution in [0.4, 0.5) is 5.69 Å². The molecule has 0 aromatic heterocycles. The average Bonchev–Trinajstić information content (AvgIpc) is 2.67. The van der Waals surface area contributed by atoms with Gasteiger partial charge in [-0.15, -0.1) is 0 Å². The van der Waals surface area contributed by atoms with E-state index >= 15 is 0 Å². The molecular formula is C22H28N2O2. The number of carbonyl (C=O) groups is 1. The van der Waals surface area contributed by atoms with Gasteiger partial charge in [0.05, 0.1) is 6.54 Å². The number of piperidine rings is 1. The first-order chi connectivity index (χ1) is 12.6. The van der Waals surface area contributed by atoms with Gasteiger partial charge in [0.15, 0.2) is 0 Å². The molecule has 1 saturated heterocycles. The van der Waals surface area contributed by atoms with Crippen molar-refractivity contribution in [1.82, 2.24) is 5.32 Å². The second kappa shape index (κ2) is 8.75. The van der Waals surface area contributed by atoms with E-state index in [1.54, 1.807) is 0 Å². The van der Waals surface area contributed by atoms with Crippen molar-refractivity contribution in [2.24, 2.45) is 0 Å². The number of rotatable bonds is 6. The third kappa shape index (κ3) is 4.78. The summed E-state index contributed by atoms with van der Waals surface area (Å²) in [5, 5.41) is 2.92. The molecule has 1 amide bonds. The Kier molecular flexibility index (Phi) is 6.16. The fraction of sp³-hybridized carbons (Fsp3) is 0.409. The molecule has 0 spiro atoms. The minimum atomic E-state index is -0.0561. The summed E-state index contributed by atoms with van der Waals surface area (Å²) in [6, 6.07) is 14.0. The van der Waals surface area contributed by atoms with Gasteiger partial charge < -0.3 is 15.0 Å². The highest BCUT2D eigenvalue weighted by molar-refractivity contribution is 5.94.